The standard InChI is InChI=1S/C20H39N7O2S/c1-4-5-6-7-8-26-15-19(21-22-26)16-27-17-20(18-30(27,28)29)25-13-11-24(12-14-25)10-9-23(2)3/h15,20H,4-14,16-18H2,1-3H3. The van der Waals surface area contributed by atoms with Gasteiger partial charge in [0.15, 0.2) is 0 Å². The molecule has 1 atom stereocenters. The van der Waals surface area contributed by atoms with Crippen molar-refractivity contribution in [3.05, 3.63) is 11.9 Å². The van der Waals surface area contributed by atoms with E-state index in [1.54, 1.807) is 4.31 Å². The summed E-state index contributed by atoms with van der Waals surface area (Å²) in [6.45, 7) is 9.97. The van der Waals surface area contributed by atoms with Crippen LogP contribution in [0, 0.1) is 0 Å². The molecule has 2 aliphatic rings. The average molecular weight is 442 g/mol. The number of likely N-dealkylation sites (N-methyl/N-ethyl adjacent to an activating group) is 1. The average Bonchev–Trinajstić information content (AvgIpc) is 3.28. The third-order valence-corrected chi connectivity index (χ3v) is 8.03. The van der Waals surface area contributed by atoms with Gasteiger partial charge in [-0.05, 0) is 20.5 Å². The Kier molecular flexibility index (Phi) is 8.64. The van der Waals surface area contributed by atoms with Gasteiger partial charge in [0.05, 0.1) is 18.0 Å². The number of hydrogen-bond acceptors (Lipinski definition) is 7. The Labute approximate surface area is 182 Å². The van der Waals surface area contributed by atoms with Gasteiger partial charge in [0.2, 0.25) is 10.0 Å². The molecule has 0 aromatic carbocycles. The SMILES string of the molecule is CCCCCCn1cc(CN2CC(N3CCN(CCN(C)C)CC3)CS2(=O)=O)nn1. The van der Waals surface area contributed by atoms with E-state index in [4.69, 9.17) is 0 Å². The van der Waals surface area contributed by atoms with E-state index in [1.807, 2.05) is 10.9 Å². The maximum absolute atomic E-state index is 12.7. The minimum atomic E-state index is -3.24. The van der Waals surface area contributed by atoms with Gasteiger partial charge in [-0.25, -0.2) is 8.42 Å². The molecule has 2 saturated heterocycles. The highest BCUT2D eigenvalue weighted by molar-refractivity contribution is 7.89. The molecule has 0 N–H and O–H groups in total. The van der Waals surface area contributed by atoms with E-state index in [1.165, 1.54) is 19.3 Å². The molecule has 1 aromatic heterocycles. The highest BCUT2D eigenvalue weighted by atomic mass is 32.2. The minimum absolute atomic E-state index is 0.0788. The fraction of sp³-hybridized carbons (Fsp3) is 0.900. The van der Waals surface area contributed by atoms with Gasteiger partial charge >= 0.3 is 0 Å². The summed E-state index contributed by atoms with van der Waals surface area (Å²) >= 11 is 0. The van der Waals surface area contributed by atoms with Crippen molar-refractivity contribution >= 4 is 10.0 Å². The van der Waals surface area contributed by atoms with Crippen molar-refractivity contribution in [1.82, 2.24) is 34.0 Å². The van der Waals surface area contributed by atoms with E-state index in [0.717, 1.165) is 57.9 Å². The van der Waals surface area contributed by atoms with Crippen molar-refractivity contribution in [2.75, 3.05) is 65.7 Å². The summed E-state index contributed by atoms with van der Waals surface area (Å²) in [6.07, 6.45) is 6.62. The first kappa shape index (κ1) is 23.6. The van der Waals surface area contributed by atoms with Crippen molar-refractivity contribution in [2.45, 2.75) is 51.7 Å². The van der Waals surface area contributed by atoms with Crippen molar-refractivity contribution in [3.63, 3.8) is 0 Å². The zero-order valence-electron chi connectivity index (χ0n) is 18.9. The van der Waals surface area contributed by atoms with Gasteiger partial charge in [-0.1, -0.05) is 31.4 Å². The minimum Gasteiger partial charge on any atom is -0.308 e. The molecule has 1 aromatic rings. The Morgan fingerprint density at radius 1 is 1.10 bits per heavy atom. The molecule has 0 spiro atoms. The molecule has 0 bridgehead atoms. The molecular formula is C20H39N7O2S. The molecule has 0 aliphatic carbocycles. The van der Waals surface area contributed by atoms with Gasteiger partial charge in [-0.3, -0.25) is 14.5 Å². The van der Waals surface area contributed by atoms with Crippen molar-refractivity contribution < 1.29 is 8.42 Å². The van der Waals surface area contributed by atoms with E-state index in [9.17, 15) is 8.42 Å². The number of hydrogen-bond donors (Lipinski definition) is 0. The first-order valence-electron chi connectivity index (χ1n) is 11.4. The molecular weight excluding hydrogens is 402 g/mol. The van der Waals surface area contributed by atoms with Crippen LogP contribution in [0.25, 0.3) is 0 Å². The Morgan fingerprint density at radius 3 is 2.57 bits per heavy atom. The van der Waals surface area contributed by atoms with E-state index >= 15 is 0 Å². The smallest absolute Gasteiger partial charge is 0.216 e. The number of aromatic nitrogens is 3. The quantitative estimate of drug-likeness (QED) is 0.464. The van der Waals surface area contributed by atoms with E-state index in [2.05, 4.69) is 46.0 Å². The normalized spacial score (nSPS) is 23.5. The molecule has 3 rings (SSSR count). The van der Waals surface area contributed by atoms with Crippen LogP contribution in [0.4, 0.5) is 0 Å². The van der Waals surface area contributed by atoms with Crippen molar-refractivity contribution in [2.24, 2.45) is 0 Å². The summed E-state index contributed by atoms with van der Waals surface area (Å²) in [4.78, 5) is 7.03. The van der Waals surface area contributed by atoms with Crippen LogP contribution in [0.2, 0.25) is 0 Å². The third-order valence-electron chi connectivity index (χ3n) is 6.16. The predicted molar refractivity (Wildman–Crippen MR) is 119 cm³/mol. The molecule has 3 heterocycles. The van der Waals surface area contributed by atoms with E-state index in [0.29, 0.717) is 13.1 Å². The Morgan fingerprint density at radius 2 is 1.87 bits per heavy atom. The lowest BCUT2D eigenvalue weighted by atomic mass is 10.2. The highest BCUT2D eigenvalue weighted by Gasteiger charge is 2.40. The predicted octanol–water partition coefficient (Wildman–Crippen LogP) is 0.552. The van der Waals surface area contributed by atoms with Crippen LogP contribution >= 0.6 is 0 Å². The lowest BCUT2D eigenvalue weighted by molar-refractivity contribution is 0.0964. The lowest BCUT2D eigenvalue weighted by Crippen LogP contribution is -2.52. The van der Waals surface area contributed by atoms with Crippen LogP contribution in [0.15, 0.2) is 6.20 Å². The van der Waals surface area contributed by atoms with Gasteiger partial charge in [0, 0.05) is 64.6 Å². The summed E-state index contributed by atoms with van der Waals surface area (Å²) < 4.78 is 28.9. The second-order valence-electron chi connectivity index (χ2n) is 8.94. The molecule has 9 nitrogen and oxygen atoms in total. The molecule has 0 radical (unpaired) electrons. The van der Waals surface area contributed by atoms with Crippen LogP contribution in [0.3, 0.4) is 0 Å². The molecule has 172 valence electrons. The largest absolute Gasteiger partial charge is 0.308 e. The first-order valence-corrected chi connectivity index (χ1v) is 13.0. The molecule has 2 aliphatic heterocycles. The van der Waals surface area contributed by atoms with Crippen LogP contribution in [0.5, 0.6) is 0 Å². The number of rotatable bonds is 11. The summed E-state index contributed by atoms with van der Waals surface area (Å²) in [5.41, 5.74) is 0.739. The molecule has 2 fully saturated rings. The molecule has 0 saturated carbocycles. The molecule has 30 heavy (non-hydrogen) atoms. The summed E-state index contributed by atoms with van der Waals surface area (Å²) in [5.74, 6) is 0.218. The van der Waals surface area contributed by atoms with Crippen LogP contribution < -0.4 is 0 Å². The van der Waals surface area contributed by atoms with Gasteiger partial charge in [0.1, 0.15) is 0 Å². The van der Waals surface area contributed by atoms with Crippen LogP contribution in [-0.2, 0) is 23.1 Å². The van der Waals surface area contributed by atoms with Gasteiger partial charge < -0.3 is 4.90 Å². The second kappa shape index (κ2) is 11.0. The fourth-order valence-electron chi connectivity index (χ4n) is 4.23. The summed E-state index contributed by atoms with van der Waals surface area (Å²) in [7, 11) is 0.954. The first-order chi connectivity index (χ1) is 14.4. The van der Waals surface area contributed by atoms with Gasteiger partial charge in [-0.15, -0.1) is 5.10 Å². The Hall–Kier alpha value is -1.07. The Bertz CT molecular complexity index is 744. The van der Waals surface area contributed by atoms with E-state index < -0.39 is 10.0 Å². The topological polar surface area (TPSA) is 77.8 Å². The van der Waals surface area contributed by atoms with Crippen molar-refractivity contribution in [1.29, 1.82) is 0 Å². The fourth-order valence-corrected chi connectivity index (χ4v) is 5.97. The van der Waals surface area contributed by atoms with Crippen molar-refractivity contribution in [3.8, 4) is 0 Å². The lowest BCUT2D eigenvalue weighted by Gasteiger charge is -2.37. The van der Waals surface area contributed by atoms with E-state index in [-0.39, 0.29) is 11.8 Å². The summed E-state index contributed by atoms with van der Waals surface area (Å²) in [5, 5.41) is 8.39. The zero-order valence-corrected chi connectivity index (χ0v) is 19.7. The molecule has 10 heteroatoms. The number of nitrogens with zero attached hydrogens (tertiary/aromatic N) is 7. The zero-order chi connectivity index (χ0) is 21.6. The molecule has 1 unspecified atom stereocenters. The number of unbranched alkanes of at least 4 members (excludes halogenated alkanes) is 3. The highest BCUT2D eigenvalue weighted by Crippen LogP contribution is 2.22. The van der Waals surface area contributed by atoms with Crippen LogP contribution in [0.1, 0.15) is 38.3 Å². The number of aryl methyl sites for hydroxylation is 1. The molecule has 0 amide bonds. The summed E-state index contributed by atoms with van der Waals surface area (Å²) in [6, 6.07) is 0.0788. The monoisotopic (exact) mass is 441 g/mol. The van der Waals surface area contributed by atoms with Crippen LogP contribution in [-0.4, -0.2) is 114 Å². The van der Waals surface area contributed by atoms with Gasteiger partial charge in [-0.2, -0.15) is 4.31 Å². The maximum Gasteiger partial charge on any atom is 0.216 e. The number of piperazine rings is 1. The van der Waals surface area contributed by atoms with Gasteiger partial charge in [0.25, 0.3) is 0 Å². The number of sulfonamides is 1. The second-order valence-corrected chi connectivity index (χ2v) is 11.0. The third kappa shape index (κ3) is 6.71. The Balaban J connectivity index is 1.47. The maximum atomic E-state index is 12.7.